The quantitative estimate of drug-likeness (QED) is 0.821. The highest BCUT2D eigenvalue weighted by molar-refractivity contribution is 9.10. The summed E-state index contributed by atoms with van der Waals surface area (Å²) in [6, 6.07) is 8.64. The molecule has 0 saturated carbocycles. The largest absolute Gasteiger partial charge is 0.399 e. The van der Waals surface area contributed by atoms with Crippen LogP contribution < -0.4 is 11.1 Å². The first-order valence-electron chi connectivity index (χ1n) is 4.84. The van der Waals surface area contributed by atoms with E-state index in [-0.39, 0.29) is 5.69 Å². The lowest BCUT2D eigenvalue weighted by atomic mass is 10.2. The van der Waals surface area contributed by atoms with E-state index in [1.165, 1.54) is 18.2 Å². The van der Waals surface area contributed by atoms with E-state index < -0.39 is 11.6 Å². The molecule has 2 aromatic carbocycles. The molecule has 0 spiro atoms. The van der Waals surface area contributed by atoms with Crippen molar-refractivity contribution in [1.29, 1.82) is 0 Å². The fourth-order valence-electron chi connectivity index (χ4n) is 1.38. The highest BCUT2D eigenvalue weighted by Gasteiger charge is 2.09. The Balaban J connectivity index is 2.38. The Bertz CT molecular complexity index is 538. The zero-order chi connectivity index (χ0) is 12.4. The van der Waals surface area contributed by atoms with Crippen LogP contribution in [0.15, 0.2) is 40.9 Å². The van der Waals surface area contributed by atoms with E-state index in [0.29, 0.717) is 15.8 Å². The standard InChI is InChI=1S/C12H9BrF2N2/c13-8-6-7(16)4-5-11(8)17-12-9(14)2-1-3-10(12)15/h1-6,17H,16H2. The average molecular weight is 299 g/mol. The van der Waals surface area contributed by atoms with Crippen molar-refractivity contribution >= 4 is 33.0 Å². The molecule has 0 aliphatic carbocycles. The molecule has 0 bridgehead atoms. The number of hydrogen-bond acceptors (Lipinski definition) is 2. The third kappa shape index (κ3) is 2.55. The SMILES string of the molecule is Nc1ccc(Nc2c(F)cccc2F)c(Br)c1. The summed E-state index contributed by atoms with van der Waals surface area (Å²) < 4.78 is 27.4. The van der Waals surface area contributed by atoms with Crippen molar-refractivity contribution in [3.8, 4) is 0 Å². The van der Waals surface area contributed by atoms with Gasteiger partial charge >= 0.3 is 0 Å². The van der Waals surface area contributed by atoms with E-state index in [1.54, 1.807) is 18.2 Å². The topological polar surface area (TPSA) is 38.0 Å². The zero-order valence-corrected chi connectivity index (χ0v) is 10.3. The third-order valence-electron chi connectivity index (χ3n) is 2.22. The van der Waals surface area contributed by atoms with E-state index in [0.717, 1.165) is 0 Å². The van der Waals surface area contributed by atoms with Crippen LogP contribution in [0.5, 0.6) is 0 Å². The predicted octanol–water partition coefficient (Wildman–Crippen LogP) is 4.05. The van der Waals surface area contributed by atoms with Gasteiger partial charge in [-0.05, 0) is 46.3 Å². The van der Waals surface area contributed by atoms with Gasteiger partial charge in [-0.3, -0.25) is 0 Å². The number of nitrogens with two attached hydrogens (primary N) is 1. The van der Waals surface area contributed by atoms with E-state index in [1.807, 2.05) is 0 Å². The van der Waals surface area contributed by atoms with Gasteiger partial charge in [-0.15, -0.1) is 0 Å². The fraction of sp³-hybridized carbons (Fsp3) is 0. The number of nitrogen functional groups attached to an aromatic ring is 1. The van der Waals surface area contributed by atoms with Gasteiger partial charge < -0.3 is 11.1 Å². The highest BCUT2D eigenvalue weighted by atomic mass is 79.9. The molecular weight excluding hydrogens is 290 g/mol. The maximum Gasteiger partial charge on any atom is 0.149 e. The molecule has 3 N–H and O–H groups in total. The Morgan fingerprint density at radius 1 is 1.06 bits per heavy atom. The molecule has 2 rings (SSSR count). The molecule has 2 aromatic rings. The molecule has 0 atom stereocenters. The van der Waals surface area contributed by atoms with Crippen LogP contribution in [-0.4, -0.2) is 0 Å². The number of nitrogens with one attached hydrogen (secondary N) is 1. The summed E-state index contributed by atoms with van der Waals surface area (Å²) in [5.74, 6) is -1.29. The van der Waals surface area contributed by atoms with Gasteiger partial charge in [-0.2, -0.15) is 0 Å². The minimum absolute atomic E-state index is 0.182. The van der Waals surface area contributed by atoms with Crippen LogP contribution >= 0.6 is 15.9 Å². The van der Waals surface area contributed by atoms with Gasteiger partial charge in [0, 0.05) is 10.2 Å². The highest BCUT2D eigenvalue weighted by Crippen LogP contribution is 2.29. The molecule has 0 aliphatic heterocycles. The van der Waals surface area contributed by atoms with Gasteiger partial charge in [0.05, 0.1) is 5.69 Å². The summed E-state index contributed by atoms with van der Waals surface area (Å²) in [6.07, 6.45) is 0. The molecule has 0 radical (unpaired) electrons. The van der Waals surface area contributed by atoms with Crippen LogP contribution in [0.25, 0.3) is 0 Å². The van der Waals surface area contributed by atoms with Crippen molar-refractivity contribution in [1.82, 2.24) is 0 Å². The van der Waals surface area contributed by atoms with Crippen molar-refractivity contribution in [3.63, 3.8) is 0 Å². The molecule has 0 aromatic heterocycles. The monoisotopic (exact) mass is 298 g/mol. The predicted molar refractivity (Wildman–Crippen MR) is 68.2 cm³/mol. The van der Waals surface area contributed by atoms with Gasteiger partial charge in [0.25, 0.3) is 0 Å². The summed E-state index contributed by atoms with van der Waals surface area (Å²) in [5, 5.41) is 2.68. The number of para-hydroxylation sites is 1. The summed E-state index contributed by atoms with van der Waals surface area (Å²) in [4.78, 5) is 0. The first-order chi connectivity index (χ1) is 8.08. The molecule has 5 heteroatoms. The van der Waals surface area contributed by atoms with Crippen LogP contribution in [0.4, 0.5) is 25.8 Å². The molecule has 0 heterocycles. The molecule has 0 amide bonds. The van der Waals surface area contributed by atoms with Crippen LogP contribution in [0, 0.1) is 11.6 Å². The Morgan fingerprint density at radius 3 is 2.29 bits per heavy atom. The Labute approximate surface area is 106 Å². The fourth-order valence-corrected chi connectivity index (χ4v) is 1.88. The third-order valence-corrected chi connectivity index (χ3v) is 2.87. The lowest BCUT2D eigenvalue weighted by molar-refractivity contribution is 0.591. The van der Waals surface area contributed by atoms with Crippen molar-refractivity contribution < 1.29 is 8.78 Å². The number of hydrogen-bond donors (Lipinski definition) is 2. The molecule has 0 aliphatic rings. The lowest BCUT2D eigenvalue weighted by Gasteiger charge is -2.10. The van der Waals surface area contributed by atoms with Crippen LogP contribution in [-0.2, 0) is 0 Å². The molecule has 0 fully saturated rings. The number of benzene rings is 2. The van der Waals surface area contributed by atoms with Crippen molar-refractivity contribution in [2.45, 2.75) is 0 Å². The van der Waals surface area contributed by atoms with Gasteiger partial charge in [0.2, 0.25) is 0 Å². The summed E-state index contributed by atoms with van der Waals surface area (Å²) >= 11 is 3.27. The second-order valence-electron chi connectivity index (χ2n) is 3.46. The van der Waals surface area contributed by atoms with Gasteiger partial charge in [-0.25, -0.2) is 8.78 Å². The Morgan fingerprint density at radius 2 is 1.71 bits per heavy atom. The molecule has 0 saturated heterocycles. The molecule has 17 heavy (non-hydrogen) atoms. The van der Waals surface area contributed by atoms with Crippen molar-refractivity contribution in [2.75, 3.05) is 11.1 Å². The Hall–Kier alpha value is -1.62. The molecule has 0 unspecified atom stereocenters. The van der Waals surface area contributed by atoms with Crippen LogP contribution in [0.1, 0.15) is 0 Å². The molecule has 2 nitrogen and oxygen atoms in total. The minimum Gasteiger partial charge on any atom is -0.399 e. The average Bonchev–Trinajstić information content (AvgIpc) is 2.26. The first kappa shape index (κ1) is 11.9. The first-order valence-corrected chi connectivity index (χ1v) is 5.63. The minimum atomic E-state index is -0.645. The maximum absolute atomic E-state index is 13.4. The number of halogens is 3. The van der Waals surface area contributed by atoms with E-state index in [9.17, 15) is 8.78 Å². The number of anilines is 3. The normalized spacial score (nSPS) is 10.3. The van der Waals surface area contributed by atoms with Crippen LogP contribution in [0.2, 0.25) is 0 Å². The van der Waals surface area contributed by atoms with Crippen molar-refractivity contribution in [2.24, 2.45) is 0 Å². The van der Waals surface area contributed by atoms with E-state index >= 15 is 0 Å². The molecular formula is C12H9BrF2N2. The van der Waals surface area contributed by atoms with E-state index in [4.69, 9.17) is 5.73 Å². The van der Waals surface area contributed by atoms with Gasteiger partial charge in [-0.1, -0.05) is 6.07 Å². The van der Waals surface area contributed by atoms with Gasteiger partial charge in [0.1, 0.15) is 17.3 Å². The summed E-state index contributed by atoms with van der Waals surface area (Å²) in [6.45, 7) is 0. The van der Waals surface area contributed by atoms with Crippen LogP contribution in [0.3, 0.4) is 0 Å². The Kier molecular flexibility index (Phi) is 3.28. The number of rotatable bonds is 2. The van der Waals surface area contributed by atoms with E-state index in [2.05, 4.69) is 21.2 Å². The zero-order valence-electron chi connectivity index (χ0n) is 8.68. The lowest BCUT2D eigenvalue weighted by Crippen LogP contribution is -1.98. The van der Waals surface area contributed by atoms with Gasteiger partial charge in [0.15, 0.2) is 0 Å². The molecule has 88 valence electrons. The maximum atomic E-state index is 13.4. The second kappa shape index (κ2) is 4.71. The second-order valence-corrected chi connectivity index (χ2v) is 4.32. The summed E-state index contributed by atoms with van der Waals surface area (Å²) in [7, 11) is 0. The smallest absolute Gasteiger partial charge is 0.149 e. The van der Waals surface area contributed by atoms with Crippen molar-refractivity contribution in [3.05, 3.63) is 52.5 Å². The summed E-state index contributed by atoms with van der Waals surface area (Å²) in [5.41, 5.74) is 6.50.